The van der Waals surface area contributed by atoms with Crippen molar-refractivity contribution in [3.63, 3.8) is 0 Å². The molecule has 8 nitrogen and oxygen atoms in total. The van der Waals surface area contributed by atoms with Crippen molar-refractivity contribution in [1.29, 1.82) is 0 Å². The minimum absolute atomic E-state index is 0.0428. The number of benzene rings is 2. The van der Waals surface area contributed by atoms with Crippen molar-refractivity contribution in [3.05, 3.63) is 112 Å². The summed E-state index contributed by atoms with van der Waals surface area (Å²) in [6, 6.07) is 17.9. The van der Waals surface area contributed by atoms with Crippen molar-refractivity contribution < 1.29 is 9.18 Å². The van der Waals surface area contributed by atoms with E-state index in [0.717, 1.165) is 35.0 Å². The van der Waals surface area contributed by atoms with Gasteiger partial charge in [0.2, 0.25) is 5.91 Å². The van der Waals surface area contributed by atoms with Crippen molar-refractivity contribution in [2.45, 2.75) is 32.0 Å². The number of aromatic nitrogens is 4. The van der Waals surface area contributed by atoms with Crippen molar-refractivity contribution in [2.24, 2.45) is 0 Å². The molecule has 0 fully saturated rings. The topological polar surface area (TPSA) is 105 Å². The van der Waals surface area contributed by atoms with E-state index in [-0.39, 0.29) is 36.2 Å². The van der Waals surface area contributed by atoms with E-state index in [2.05, 4.69) is 31.7 Å². The summed E-state index contributed by atoms with van der Waals surface area (Å²) in [5.74, 6) is -0.824. The molecule has 0 bridgehead atoms. The van der Waals surface area contributed by atoms with Crippen LogP contribution in [0.3, 0.4) is 0 Å². The predicted molar refractivity (Wildman–Crippen MR) is 143 cm³/mol. The third kappa shape index (κ3) is 4.54. The van der Waals surface area contributed by atoms with Gasteiger partial charge >= 0.3 is 0 Å². The van der Waals surface area contributed by atoms with Gasteiger partial charge in [0.1, 0.15) is 23.9 Å². The molecule has 190 valence electrons. The third-order valence-electron chi connectivity index (χ3n) is 6.88. The van der Waals surface area contributed by atoms with Crippen LogP contribution in [0.25, 0.3) is 22.3 Å². The molecule has 0 saturated heterocycles. The fraction of sp³-hybridized carbons (Fsp3) is 0.172. The number of anilines is 1. The van der Waals surface area contributed by atoms with Crippen LogP contribution in [0.15, 0.2) is 84.0 Å². The second kappa shape index (κ2) is 9.93. The molecule has 9 heteroatoms. The number of pyridine rings is 1. The summed E-state index contributed by atoms with van der Waals surface area (Å²) in [6.07, 6.45) is 6.61. The summed E-state index contributed by atoms with van der Waals surface area (Å²) in [5.41, 5.74) is 4.09. The van der Waals surface area contributed by atoms with Gasteiger partial charge in [-0.25, -0.2) is 9.37 Å². The maximum atomic E-state index is 14.7. The second-order valence-electron chi connectivity index (χ2n) is 9.34. The van der Waals surface area contributed by atoms with E-state index in [1.54, 1.807) is 30.6 Å². The molecule has 2 aromatic carbocycles. The van der Waals surface area contributed by atoms with Crippen LogP contribution in [-0.4, -0.2) is 25.4 Å². The Bertz CT molecular complexity index is 1680. The summed E-state index contributed by atoms with van der Waals surface area (Å²) in [6.45, 7) is -0.0738. The zero-order valence-electron chi connectivity index (χ0n) is 20.4. The van der Waals surface area contributed by atoms with Crippen LogP contribution in [0.4, 0.5) is 10.1 Å². The molecule has 0 unspecified atom stereocenters. The first-order chi connectivity index (χ1) is 18.6. The molecular weight excluding hydrogens is 483 g/mol. The second-order valence-corrected chi connectivity index (χ2v) is 9.34. The highest BCUT2D eigenvalue weighted by molar-refractivity contribution is 5.80. The van der Waals surface area contributed by atoms with E-state index in [4.69, 9.17) is 0 Å². The number of halogens is 1. The molecule has 5 aromatic rings. The number of carbonyl (C=O) groups is 1. The minimum atomic E-state index is -0.523. The highest BCUT2D eigenvalue weighted by Crippen LogP contribution is 2.33. The van der Waals surface area contributed by atoms with E-state index < -0.39 is 17.3 Å². The fourth-order valence-corrected chi connectivity index (χ4v) is 5.01. The Morgan fingerprint density at radius 1 is 1.11 bits per heavy atom. The summed E-state index contributed by atoms with van der Waals surface area (Å²) in [7, 11) is 0. The van der Waals surface area contributed by atoms with E-state index in [1.807, 2.05) is 30.3 Å². The Kier molecular flexibility index (Phi) is 6.17. The van der Waals surface area contributed by atoms with Gasteiger partial charge in [-0.15, -0.1) is 0 Å². The average Bonchev–Trinajstić information content (AvgIpc) is 3.54. The molecule has 0 radical (unpaired) electrons. The lowest BCUT2D eigenvalue weighted by atomic mass is 10.1. The molecule has 3 aromatic heterocycles. The van der Waals surface area contributed by atoms with Gasteiger partial charge in [-0.1, -0.05) is 36.4 Å². The maximum Gasteiger partial charge on any atom is 0.277 e. The molecule has 1 aliphatic carbocycles. The molecule has 0 aliphatic heterocycles. The normalized spacial score (nSPS) is 14.4. The van der Waals surface area contributed by atoms with Gasteiger partial charge in [0.25, 0.3) is 5.56 Å². The summed E-state index contributed by atoms with van der Waals surface area (Å²) >= 11 is 0. The van der Waals surface area contributed by atoms with Crippen molar-refractivity contribution in [2.75, 3.05) is 5.32 Å². The molecule has 1 atom stereocenters. The van der Waals surface area contributed by atoms with Gasteiger partial charge < -0.3 is 15.6 Å². The largest absolute Gasteiger partial charge is 0.372 e. The molecular formula is C29H25FN6O2. The molecule has 38 heavy (non-hydrogen) atoms. The van der Waals surface area contributed by atoms with Crippen LogP contribution < -0.4 is 16.2 Å². The Balaban J connectivity index is 1.28. The van der Waals surface area contributed by atoms with E-state index >= 15 is 0 Å². The minimum Gasteiger partial charge on any atom is -0.372 e. The summed E-state index contributed by atoms with van der Waals surface area (Å²) in [4.78, 5) is 38.4. The summed E-state index contributed by atoms with van der Waals surface area (Å²) in [5, 5.41) is 7.09. The van der Waals surface area contributed by atoms with Gasteiger partial charge in [-0.2, -0.15) is 0 Å². The molecule has 6 rings (SSSR count). The Morgan fingerprint density at radius 3 is 2.82 bits per heavy atom. The van der Waals surface area contributed by atoms with E-state index in [9.17, 15) is 14.0 Å². The number of carbonyl (C=O) groups excluding carboxylic acids is 1. The van der Waals surface area contributed by atoms with Crippen LogP contribution in [0, 0.1) is 5.82 Å². The Labute approximate surface area is 217 Å². The molecule has 1 aliphatic rings. The smallest absolute Gasteiger partial charge is 0.277 e. The van der Waals surface area contributed by atoms with Gasteiger partial charge in [-0.3, -0.25) is 19.1 Å². The van der Waals surface area contributed by atoms with Crippen LogP contribution in [0.5, 0.6) is 0 Å². The van der Waals surface area contributed by atoms with E-state index in [1.165, 1.54) is 22.4 Å². The predicted octanol–water partition coefficient (Wildman–Crippen LogP) is 4.34. The van der Waals surface area contributed by atoms with Crippen LogP contribution in [-0.2, 0) is 24.3 Å². The lowest BCUT2D eigenvalue weighted by molar-refractivity contribution is -0.121. The molecule has 1 amide bonds. The molecule has 3 N–H and O–H groups in total. The first-order valence-electron chi connectivity index (χ1n) is 12.4. The van der Waals surface area contributed by atoms with Crippen molar-refractivity contribution in [1.82, 2.24) is 24.8 Å². The highest BCUT2D eigenvalue weighted by Gasteiger charge is 2.24. The lowest BCUT2D eigenvalue weighted by Crippen LogP contribution is -2.34. The number of hydrogen-bond donors (Lipinski definition) is 3. The number of amides is 1. The number of hydrogen-bond acceptors (Lipinski definition) is 5. The summed E-state index contributed by atoms with van der Waals surface area (Å²) < 4.78 is 15.9. The lowest BCUT2D eigenvalue weighted by Gasteiger charge is -2.18. The first-order valence-corrected chi connectivity index (χ1v) is 12.4. The first kappa shape index (κ1) is 23.6. The van der Waals surface area contributed by atoms with E-state index in [0.29, 0.717) is 0 Å². The van der Waals surface area contributed by atoms with Gasteiger partial charge in [-0.05, 0) is 48.2 Å². The zero-order valence-corrected chi connectivity index (χ0v) is 20.4. The highest BCUT2D eigenvalue weighted by atomic mass is 19.1. The Morgan fingerprint density at radius 2 is 1.95 bits per heavy atom. The van der Waals surface area contributed by atoms with Crippen LogP contribution >= 0.6 is 0 Å². The molecule has 0 spiro atoms. The number of H-pyrrole nitrogens is 1. The Hall–Kier alpha value is -4.79. The number of nitrogens with one attached hydrogen (secondary N) is 3. The average molecular weight is 509 g/mol. The van der Waals surface area contributed by atoms with Gasteiger partial charge in [0.15, 0.2) is 0 Å². The molecule has 3 heterocycles. The zero-order chi connectivity index (χ0) is 26.1. The maximum absolute atomic E-state index is 14.7. The number of rotatable bonds is 7. The third-order valence-corrected chi connectivity index (χ3v) is 6.88. The fourth-order valence-electron chi connectivity index (χ4n) is 5.01. The number of aromatic amines is 1. The van der Waals surface area contributed by atoms with Gasteiger partial charge in [0, 0.05) is 29.0 Å². The number of aryl methyl sites for hydroxylation is 1. The van der Waals surface area contributed by atoms with Crippen molar-refractivity contribution >= 4 is 22.5 Å². The van der Waals surface area contributed by atoms with Crippen LogP contribution in [0.2, 0.25) is 0 Å². The SMILES string of the molecule is O=C(Cn1c(-c2ccccc2F)ncc(N[C@H]2CCc3ccccc32)c1=O)NCc1cc2cnccc2[nH]1. The number of nitrogens with zero attached hydrogens (tertiary/aromatic N) is 3. The van der Waals surface area contributed by atoms with Gasteiger partial charge in [0.05, 0.1) is 24.3 Å². The number of fused-ring (bicyclic) bond motifs is 2. The van der Waals surface area contributed by atoms with Crippen LogP contribution in [0.1, 0.15) is 29.3 Å². The quantitative estimate of drug-likeness (QED) is 0.303. The standard InChI is InChI=1S/C29H25FN6O2/c30-23-8-4-3-7-22(23)28-33-16-26(35-25-10-9-18-5-1-2-6-21(18)25)29(38)36(28)17-27(37)32-15-20-13-19-14-31-12-11-24(19)34-20/h1-8,11-14,16,25,34-35H,9-10,15,17H2,(H,32,37)/t25-/m0/s1. The van der Waals surface area contributed by atoms with Crippen molar-refractivity contribution in [3.8, 4) is 11.4 Å². The molecule has 0 saturated carbocycles. The monoisotopic (exact) mass is 508 g/mol.